The van der Waals surface area contributed by atoms with Gasteiger partial charge in [-0.15, -0.1) is 0 Å². The number of hydrogen-bond donors (Lipinski definition) is 2. The molecule has 2 aromatic carbocycles. The average molecular weight is 387 g/mol. The van der Waals surface area contributed by atoms with Crippen molar-refractivity contribution in [3.05, 3.63) is 70.8 Å². The molecule has 0 radical (unpaired) electrons. The Bertz CT molecular complexity index is 852. The van der Waals surface area contributed by atoms with Crippen LogP contribution >= 0.6 is 0 Å². The first-order chi connectivity index (χ1) is 13.5. The summed E-state index contributed by atoms with van der Waals surface area (Å²) in [6, 6.07) is 10.4. The Morgan fingerprint density at radius 3 is 2.61 bits per heavy atom. The van der Waals surface area contributed by atoms with Crippen molar-refractivity contribution in [2.75, 3.05) is 20.1 Å². The Labute approximate surface area is 162 Å². The lowest BCUT2D eigenvalue weighted by Gasteiger charge is -2.32. The predicted octanol–water partition coefficient (Wildman–Crippen LogP) is 3.41. The number of likely N-dealkylation sites (tertiary alicyclic amines) is 1. The Morgan fingerprint density at radius 1 is 1.14 bits per heavy atom. The molecule has 0 spiro atoms. The van der Waals surface area contributed by atoms with Gasteiger partial charge in [-0.3, -0.25) is 4.79 Å². The number of benzene rings is 2. The SMILES string of the molecule is CNC(=O)N1CCCC(c2cccc(C(=O)NCc3cc(F)cc(F)c3)c2)C1. The molecule has 0 aliphatic carbocycles. The zero-order valence-electron chi connectivity index (χ0n) is 15.7. The Morgan fingerprint density at radius 2 is 1.89 bits per heavy atom. The first kappa shape index (κ1) is 19.8. The third kappa shape index (κ3) is 4.85. The van der Waals surface area contributed by atoms with Gasteiger partial charge >= 0.3 is 6.03 Å². The summed E-state index contributed by atoms with van der Waals surface area (Å²) in [5.74, 6) is -1.50. The van der Waals surface area contributed by atoms with Gasteiger partial charge < -0.3 is 15.5 Å². The standard InChI is InChI=1S/C21H23F2N3O2/c1-24-21(28)26-7-3-6-17(13-26)15-4-2-5-16(10-15)20(27)25-12-14-8-18(22)11-19(23)9-14/h2,4-5,8-11,17H,3,6-7,12-13H2,1H3,(H,24,28)(H,25,27). The van der Waals surface area contributed by atoms with Crippen LogP contribution in [0.4, 0.5) is 13.6 Å². The summed E-state index contributed by atoms with van der Waals surface area (Å²) in [6.07, 6.45) is 1.85. The normalized spacial score (nSPS) is 16.5. The van der Waals surface area contributed by atoms with Crippen LogP contribution in [0.1, 0.15) is 40.2 Å². The highest BCUT2D eigenvalue weighted by Gasteiger charge is 2.24. The maximum Gasteiger partial charge on any atom is 0.317 e. The third-order valence-corrected chi connectivity index (χ3v) is 4.92. The van der Waals surface area contributed by atoms with E-state index in [1.807, 2.05) is 18.2 Å². The van der Waals surface area contributed by atoms with Gasteiger partial charge in [-0.1, -0.05) is 12.1 Å². The van der Waals surface area contributed by atoms with Crippen molar-refractivity contribution < 1.29 is 18.4 Å². The van der Waals surface area contributed by atoms with Crippen molar-refractivity contribution in [3.63, 3.8) is 0 Å². The fourth-order valence-corrected chi connectivity index (χ4v) is 3.52. The molecule has 1 unspecified atom stereocenters. The van der Waals surface area contributed by atoms with Crippen LogP contribution in [-0.4, -0.2) is 37.0 Å². The smallest absolute Gasteiger partial charge is 0.317 e. The van der Waals surface area contributed by atoms with Crippen molar-refractivity contribution in [2.45, 2.75) is 25.3 Å². The van der Waals surface area contributed by atoms with Crippen LogP contribution < -0.4 is 10.6 Å². The minimum Gasteiger partial charge on any atom is -0.348 e. The molecule has 1 fully saturated rings. The molecule has 148 valence electrons. The predicted molar refractivity (Wildman–Crippen MR) is 102 cm³/mol. The molecule has 28 heavy (non-hydrogen) atoms. The molecule has 5 nitrogen and oxygen atoms in total. The maximum absolute atomic E-state index is 13.3. The van der Waals surface area contributed by atoms with Crippen LogP contribution in [0.2, 0.25) is 0 Å². The van der Waals surface area contributed by atoms with E-state index in [-0.39, 0.29) is 24.4 Å². The lowest BCUT2D eigenvalue weighted by molar-refractivity contribution is 0.0950. The summed E-state index contributed by atoms with van der Waals surface area (Å²) in [4.78, 5) is 26.1. The molecule has 0 bridgehead atoms. The van der Waals surface area contributed by atoms with Gasteiger partial charge in [-0.05, 0) is 48.2 Å². The molecule has 0 aromatic heterocycles. The monoisotopic (exact) mass is 387 g/mol. The molecule has 2 N–H and O–H groups in total. The highest BCUT2D eigenvalue weighted by Crippen LogP contribution is 2.27. The molecular weight excluding hydrogens is 364 g/mol. The van der Waals surface area contributed by atoms with Crippen molar-refractivity contribution >= 4 is 11.9 Å². The van der Waals surface area contributed by atoms with Crippen molar-refractivity contribution in [3.8, 4) is 0 Å². The van der Waals surface area contributed by atoms with Crippen LogP contribution in [0.15, 0.2) is 42.5 Å². The zero-order valence-corrected chi connectivity index (χ0v) is 15.7. The van der Waals surface area contributed by atoms with Crippen LogP contribution in [0.3, 0.4) is 0 Å². The lowest BCUT2D eigenvalue weighted by atomic mass is 9.89. The molecular formula is C21H23F2N3O2. The molecule has 3 amide bonds. The van der Waals surface area contributed by atoms with Gasteiger partial charge in [-0.25, -0.2) is 13.6 Å². The third-order valence-electron chi connectivity index (χ3n) is 4.92. The van der Waals surface area contributed by atoms with E-state index in [4.69, 9.17) is 0 Å². The second-order valence-corrected chi connectivity index (χ2v) is 6.93. The number of hydrogen-bond acceptors (Lipinski definition) is 2. The molecule has 2 aromatic rings. The number of amides is 3. The molecule has 1 aliphatic rings. The first-order valence-electron chi connectivity index (χ1n) is 9.26. The number of piperidine rings is 1. The van der Waals surface area contributed by atoms with Gasteiger partial charge in [0.25, 0.3) is 5.91 Å². The molecule has 3 rings (SSSR count). The van der Waals surface area contributed by atoms with Crippen molar-refractivity contribution in [1.29, 1.82) is 0 Å². The zero-order chi connectivity index (χ0) is 20.1. The Hall–Kier alpha value is -2.96. The quantitative estimate of drug-likeness (QED) is 0.845. The summed E-state index contributed by atoms with van der Waals surface area (Å²) < 4.78 is 26.5. The molecule has 1 aliphatic heterocycles. The number of nitrogens with zero attached hydrogens (tertiary/aromatic N) is 1. The minimum absolute atomic E-state index is 0.0334. The minimum atomic E-state index is -0.677. The van der Waals surface area contributed by atoms with E-state index < -0.39 is 11.6 Å². The number of carbonyl (C=O) groups excluding carboxylic acids is 2. The van der Waals surface area contributed by atoms with E-state index >= 15 is 0 Å². The molecule has 7 heteroatoms. The topological polar surface area (TPSA) is 61.4 Å². The van der Waals surface area contributed by atoms with E-state index in [0.29, 0.717) is 17.7 Å². The van der Waals surface area contributed by atoms with Crippen LogP contribution in [-0.2, 0) is 6.54 Å². The highest BCUT2D eigenvalue weighted by atomic mass is 19.1. The Balaban J connectivity index is 1.66. The van der Waals surface area contributed by atoms with Crippen LogP contribution in [0.25, 0.3) is 0 Å². The molecule has 1 heterocycles. The fourth-order valence-electron chi connectivity index (χ4n) is 3.52. The summed E-state index contributed by atoms with van der Waals surface area (Å²) in [5.41, 5.74) is 1.83. The first-order valence-corrected chi connectivity index (χ1v) is 9.26. The van der Waals surface area contributed by atoms with E-state index in [0.717, 1.165) is 31.0 Å². The highest BCUT2D eigenvalue weighted by molar-refractivity contribution is 5.94. The van der Waals surface area contributed by atoms with Crippen LogP contribution in [0.5, 0.6) is 0 Å². The Kier molecular flexibility index (Phi) is 6.23. The van der Waals surface area contributed by atoms with Gasteiger partial charge in [0, 0.05) is 44.2 Å². The number of rotatable bonds is 4. The van der Waals surface area contributed by atoms with Gasteiger partial charge in [0.05, 0.1) is 0 Å². The molecule has 1 atom stereocenters. The summed E-state index contributed by atoms with van der Waals surface area (Å²) in [5, 5.41) is 5.34. The average Bonchev–Trinajstić information content (AvgIpc) is 2.71. The summed E-state index contributed by atoms with van der Waals surface area (Å²) in [6.45, 7) is 1.36. The number of nitrogens with one attached hydrogen (secondary N) is 2. The fraction of sp³-hybridized carbons (Fsp3) is 0.333. The summed E-state index contributed by atoms with van der Waals surface area (Å²) >= 11 is 0. The van der Waals surface area contributed by atoms with E-state index in [1.54, 1.807) is 18.0 Å². The molecule has 1 saturated heterocycles. The van der Waals surface area contributed by atoms with Crippen molar-refractivity contribution in [1.82, 2.24) is 15.5 Å². The number of halogens is 2. The van der Waals surface area contributed by atoms with Gasteiger partial charge in [0.15, 0.2) is 0 Å². The molecule has 0 saturated carbocycles. The van der Waals surface area contributed by atoms with Gasteiger partial charge in [-0.2, -0.15) is 0 Å². The van der Waals surface area contributed by atoms with Crippen LogP contribution in [0, 0.1) is 11.6 Å². The maximum atomic E-state index is 13.3. The van der Waals surface area contributed by atoms with Gasteiger partial charge in [0.2, 0.25) is 0 Å². The van der Waals surface area contributed by atoms with E-state index in [2.05, 4.69) is 10.6 Å². The van der Waals surface area contributed by atoms with E-state index in [9.17, 15) is 18.4 Å². The number of urea groups is 1. The summed E-state index contributed by atoms with van der Waals surface area (Å²) in [7, 11) is 1.61. The van der Waals surface area contributed by atoms with E-state index in [1.165, 1.54) is 12.1 Å². The largest absolute Gasteiger partial charge is 0.348 e. The second kappa shape index (κ2) is 8.82. The van der Waals surface area contributed by atoms with Crippen molar-refractivity contribution in [2.24, 2.45) is 0 Å². The second-order valence-electron chi connectivity index (χ2n) is 6.93. The lowest BCUT2D eigenvalue weighted by Crippen LogP contribution is -2.43. The van der Waals surface area contributed by atoms with Gasteiger partial charge in [0.1, 0.15) is 11.6 Å². The number of carbonyl (C=O) groups is 2.